The zero-order valence-corrected chi connectivity index (χ0v) is 18.0. The quantitative estimate of drug-likeness (QED) is 0.739. The maximum Gasteiger partial charge on any atom is 0.222 e. The van der Waals surface area contributed by atoms with Gasteiger partial charge in [0.15, 0.2) is 0 Å². The molecule has 27 heavy (non-hydrogen) atoms. The Kier molecular flexibility index (Phi) is 11.3. The first-order valence-corrected chi connectivity index (χ1v) is 11.0. The van der Waals surface area contributed by atoms with Gasteiger partial charge in [0.25, 0.3) is 0 Å². The van der Waals surface area contributed by atoms with Gasteiger partial charge in [0.1, 0.15) is 5.78 Å². The molecule has 2 heterocycles. The van der Waals surface area contributed by atoms with Crippen LogP contribution < -0.4 is 0 Å². The predicted molar refractivity (Wildman–Crippen MR) is 109 cm³/mol. The number of hydrogen-bond donors (Lipinski definition) is 0. The van der Waals surface area contributed by atoms with E-state index >= 15 is 0 Å². The lowest BCUT2D eigenvalue weighted by atomic mass is 9.94. The van der Waals surface area contributed by atoms with Crippen molar-refractivity contribution in [2.24, 2.45) is 11.8 Å². The van der Waals surface area contributed by atoms with Crippen molar-refractivity contribution in [3.05, 3.63) is 0 Å². The Morgan fingerprint density at radius 2 is 1.15 bits per heavy atom. The summed E-state index contributed by atoms with van der Waals surface area (Å²) in [6.07, 6.45) is 9.77. The van der Waals surface area contributed by atoms with Gasteiger partial charge in [0, 0.05) is 50.9 Å². The normalized spacial score (nSPS) is 19.0. The van der Waals surface area contributed by atoms with Gasteiger partial charge in [-0.1, -0.05) is 40.5 Å². The highest BCUT2D eigenvalue weighted by Crippen LogP contribution is 2.27. The number of Topliss-reactive ketones (excluding diaryl/α,β-unsaturated/α-hetero) is 1. The number of ketones is 1. The van der Waals surface area contributed by atoms with E-state index in [1.807, 2.05) is 37.5 Å². The molecule has 0 spiro atoms. The Bertz CT molecular complexity index is 460. The van der Waals surface area contributed by atoms with Crippen LogP contribution in [0.1, 0.15) is 85.5 Å². The minimum Gasteiger partial charge on any atom is -0.343 e. The number of nitrogens with zero attached hydrogens (tertiary/aromatic N) is 2. The van der Waals surface area contributed by atoms with Crippen molar-refractivity contribution in [2.45, 2.75) is 85.5 Å². The second-order valence-electron chi connectivity index (χ2n) is 8.07. The van der Waals surface area contributed by atoms with Crippen LogP contribution in [0, 0.1) is 11.8 Å². The van der Waals surface area contributed by atoms with Crippen LogP contribution in [-0.4, -0.2) is 53.6 Å². The third kappa shape index (κ3) is 8.44. The van der Waals surface area contributed by atoms with Crippen LogP contribution in [-0.2, 0) is 14.4 Å². The van der Waals surface area contributed by atoms with E-state index < -0.39 is 0 Å². The minimum atomic E-state index is 0.253. The van der Waals surface area contributed by atoms with Crippen molar-refractivity contribution in [1.82, 2.24) is 9.80 Å². The number of carbonyl (C=O) groups excluding carboxylic acids is 3. The zero-order chi connectivity index (χ0) is 20.2. The van der Waals surface area contributed by atoms with Gasteiger partial charge in [-0.05, 0) is 32.1 Å². The molecule has 2 aliphatic heterocycles. The molecule has 0 aromatic heterocycles. The van der Waals surface area contributed by atoms with Crippen LogP contribution in [0.25, 0.3) is 0 Å². The van der Waals surface area contributed by atoms with Crippen LogP contribution >= 0.6 is 0 Å². The molecule has 0 radical (unpaired) electrons. The van der Waals surface area contributed by atoms with Gasteiger partial charge in [-0.15, -0.1) is 0 Å². The van der Waals surface area contributed by atoms with Gasteiger partial charge in [0.05, 0.1) is 0 Å². The summed E-state index contributed by atoms with van der Waals surface area (Å²) in [5.41, 5.74) is 0. The first kappa shape index (κ1) is 23.6. The van der Waals surface area contributed by atoms with Crippen molar-refractivity contribution in [1.29, 1.82) is 0 Å². The molecule has 0 bridgehead atoms. The summed E-state index contributed by atoms with van der Waals surface area (Å²) in [6.45, 7) is 11.8. The number of rotatable bonds is 4. The van der Waals surface area contributed by atoms with Gasteiger partial charge in [-0.25, -0.2) is 0 Å². The van der Waals surface area contributed by atoms with E-state index in [0.717, 1.165) is 39.0 Å². The molecule has 0 aromatic carbocycles. The molecular weight excluding hydrogens is 340 g/mol. The lowest BCUT2D eigenvalue weighted by Crippen LogP contribution is -2.41. The lowest BCUT2D eigenvalue weighted by molar-refractivity contribution is -0.134. The largest absolute Gasteiger partial charge is 0.343 e. The standard InChI is InChI=1S/C9H16O.C7H13NO.C6H11NO/c1-7(2)9(10)8-5-3-4-6-8;1-2-7(9)8-5-3-4-6-8;1-2-6(8)7-4-3-5-7/h7-8H,3-6H2,1-2H3;2-6H2,1H3;2-5H2,1H3. The molecule has 0 unspecified atom stereocenters. The summed E-state index contributed by atoms with van der Waals surface area (Å²) in [5.74, 6) is 1.77. The Balaban J connectivity index is 0.000000204. The molecule has 5 heteroatoms. The monoisotopic (exact) mass is 380 g/mol. The van der Waals surface area contributed by atoms with E-state index in [-0.39, 0.29) is 5.92 Å². The van der Waals surface area contributed by atoms with E-state index in [1.54, 1.807) is 0 Å². The highest BCUT2D eigenvalue weighted by Gasteiger charge is 2.24. The molecular formula is C22H40N2O3. The molecule has 3 fully saturated rings. The Morgan fingerprint density at radius 3 is 1.44 bits per heavy atom. The Hall–Kier alpha value is -1.39. The van der Waals surface area contributed by atoms with Crippen LogP contribution in [0.5, 0.6) is 0 Å². The lowest BCUT2D eigenvalue weighted by Gasteiger charge is -2.30. The van der Waals surface area contributed by atoms with Crippen molar-refractivity contribution in [2.75, 3.05) is 26.2 Å². The molecule has 0 N–H and O–H groups in total. The average molecular weight is 381 g/mol. The fourth-order valence-electron chi connectivity index (χ4n) is 3.66. The maximum atomic E-state index is 11.3. The average Bonchev–Trinajstić information content (AvgIpc) is 3.33. The SMILES string of the molecule is CC(C)C(=O)C1CCCC1.CCC(=O)N1CCC1.CCC(=O)N1CCCC1. The summed E-state index contributed by atoms with van der Waals surface area (Å²) in [4.78, 5) is 36.8. The predicted octanol–water partition coefficient (Wildman–Crippen LogP) is 4.05. The molecule has 5 nitrogen and oxygen atoms in total. The van der Waals surface area contributed by atoms with Gasteiger partial charge in [0.2, 0.25) is 11.8 Å². The highest BCUT2D eigenvalue weighted by atomic mass is 16.2. The van der Waals surface area contributed by atoms with Gasteiger partial charge < -0.3 is 9.80 Å². The number of amides is 2. The molecule has 3 aliphatic rings. The number of hydrogen-bond acceptors (Lipinski definition) is 3. The van der Waals surface area contributed by atoms with Gasteiger partial charge in [-0.3, -0.25) is 14.4 Å². The summed E-state index contributed by atoms with van der Waals surface area (Å²) in [5, 5.41) is 0. The summed E-state index contributed by atoms with van der Waals surface area (Å²) in [6, 6.07) is 0. The highest BCUT2D eigenvalue weighted by molar-refractivity contribution is 5.82. The van der Waals surface area contributed by atoms with E-state index in [2.05, 4.69) is 0 Å². The topological polar surface area (TPSA) is 57.7 Å². The summed E-state index contributed by atoms with van der Waals surface area (Å²) >= 11 is 0. The van der Waals surface area contributed by atoms with Gasteiger partial charge >= 0.3 is 0 Å². The van der Waals surface area contributed by atoms with Crippen molar-refractivity contribution in [3.8, 4) is 0 Å². The van der Waals surface area contributed by atoms with E-state index in [0.29, 0.717) is 36.4 Å². The molecule has 1 saturated carbocycles. The third-order valence-electron chi connectivity index (χ3n) is 5.60. The first-order chi connectivity index (χ1) is 12.9. The van der Waals surface area contributed by atoms with E-state index in [4.69, 9.17) is 0 Å². The van der Waals surface area contributed by atoms with Crippen LogP contribution in [0.3, 0.4) is 0 Å². The van der Waals surface area contributed by atoms with Crippen LogP contribution in [0.2, 0.25) is 0 Å². The second-order valence-corrected chi connectivity index (χ2v) is 8.07. The minimum absolute atomic E-state index is 0.253. The summed E-state index contributed by atoms with van der Waals surface area (Å²) < 4.78 is 0. The Labute approximate surface area is 165 Å². The van der Waals surface area contributed by atoms with Crippen molar-refractivity contribution < 1.29 is 14.4 Å². The van der Waals surface area contributed by atoms with Crippen LogP contribution in [0.15, 0.2) is 0 Å². The molecule has 156 valence electrons. The third-order valence-corrected chi connectivity index (χ3v) is 5.60. The van der Waals surface area contributed by atoms with Crippen molar-refractivity contribution in [3.63, 3.8) is 0 Å². The number of likely N-dealkylation sites (tertiary alicyclic amines) is 2. The molecule has 2 amide bonds. The molecule has 0 aromatic rings. The fraction of sp³-hybridized carbons (Fsp3) is 0.864. The van der Waals surface area contributed by atoms with Crippen molar-refractivity contribution >= 4 is 17.6 Å². The van der Waals surface area contributed by atoms with E-state index in [1.165, 1.54) is 32.1 Å². The fourth-order valence-corrected chi connectivity index (χ4v) is 3.66. The number of carbonyl (C=O) groups is 3. The van der Waals surface area contributed by atoms with E-state index in [9.17, 15) is 14.4 Å². The maximum absolute atomic E-state index is 11.3. The smallest absolute Gasteiger partial charge is 0.222 e. The molecule has 3 rings (SSSR count). The Morgan fingerprint density at radius 1 is 0.741 bits per heavy atom. The van der Waals surface area contributed by atoms with Crippen LogP contribution in [0.4, 0.5) is 0 Å². The first-order valence-electron chi connectivity index (χ1n) is 11.0. The molecule has 1 aliphatic carbocycles. The molecule has 0 atom stereocenters. The van der Waals surface area contributed by atoms with Gasteiger partial charge in [-0.2, -0.15) is 0 Å². The zero-order valence-electron chi connectivity index (χ0n) is 18.0. The summed E-state index contributed by atoms with van der Waals surface area (Å²) in [7, 11) is 0. The molecule has 2 saturated heterocycles. The second kappa shape index (κ2) is 12.9.